The number of carbonyl (C=O) groups excluding carboxylic acids is 3. The van der Waals surface area contributed by atoms with Crippen LogP contribution in [0, 0.1) is 18.3 Å². The first kappa shape index (κ1) is 25.5. The van der Waals surface area contributed by atoms with Crippen LogP contribution >= 0.6 is 0 Å². The zero-order chi connectivity index (χ0) is 27.5. The lowest BCUT2D eigenvalue weighted by Crippen LogP contribution is -2.38. The SMILES string of the molecule is CCc1ccccc1NC(=O)CN1C(=O)N/C(=C/c2c(C)n(Cc3ccccc3C#N)c3ccccc23)C1=O. The summed E-state index contributed by atoms with van der Waals surface area (Å²) in [6, 6.07) is 24.3. The lowest BCUT2D eigenvalue weighted by molar-refractivity contribution is -0.127. The number of nitrogens with zero attached hydrogens (tertiary/aromatic N) is 3. The summed E-state index contributed by atoms with van der Waals surface area (Å²) in [5.41, 5.74) is 5.82. The number of aromatic nitrogens is 1. The third kappa shape index (κ3) is 4.90. The van der Waals surface area contributed by atoms with Crippen LogP contribution < -0.4 is 10.6 Å². The Balaban J connectivity index is 1.43. The van der Waals surface area contributed by atoms with Crippen LogP contribution in [-0.2, 0) is 22.6 Å². The Morgan fingerprint density at radius 1 is 1.00 bits per heavy atom. The predicted molar refractivity (Wildman–Crippen MR) is 150 cm³/mol. The van der Waals surface area contributed by atoms with Gasteiger partial charge in [-0.1, -0.05) is 61.5 Å². The number of amides is 4. The normalized spacial score (nSPS) is 14.1. The molecule has 4 aromatic rings. The van der Waals surface area contributed by atoms with Crippen LogP contribution in [0.2, 0.25) is 0 Å². The van der Waals surface area contributed by atoms with E-state index in [-0.39, 0.29) is 5.70 Å². The van der Waals surface area contributed by atoms with Crippen molar-refractivity contribution in [3.8, 4) is 6.07 Å². The molecule has 2 heterocycles. The molecular weight excluding hydrogens is 490 g/mol. The van der Waals surface area contributed by atoms with Crippen LogP contribution in [0.5, 0.6) is 0 Å². The standard InChI is InChI=1S/C31H27N5O3/c1-3-21-10-6-8-14-26(21)33-29(37)19-36-30(38)27(34-31(36)39)16-25-20(2)35(28-15-9-7-13-24(25)28)18-23-12-5-4-11-22(23)17-32/h4-16H,3,18-19H2,1-2H3,(H,33,37)(H,34,39)/b27-16+. The van der Waals surface area contributed by atoms with E-state index in [1.54, 1.807) is 18.2 Å². The molecule has 3 aromatic carbocycles. The van der Waals surface area contributed by atoms with Crippen LogP contribution in [-0.4, -0.2) is 33.9 Å². The minimum absolute atomic E-state index is 0.102. The second-order valence-electron chi connectivity index (χ2n) is 9.31. The van der Waals surface area contributed by atoms with Crippen LogP contribution in [0.15, 0.2) is 78.5 Å². The minimum Gasteiger partial charge on any atom is -0.340 e. The highest BCUT2D eigenvalue weighted by molar-refractivity contribution is 6.16. The number of rotatable bonds is 7. The molecule has 0 aliphatic carbocycles. The van der Waals surface area contributed by atoms with Crippen molar-refractivity contribution in [3.05, 3.63) is 106 Å². The molecule has 0 radical (unpaired) electrons. The lowest BCUT2D eigenvalue weighted by atomic mass is 10.1. The van der Waals surface area contributed by atoms with Crippen molar-refractivity contribution in [2.24, 2.45) is 0 Å². The minimum atomic E-state index is -0.644. The molecule has 0 spiro atoms. The Morgan fingerprint density at radius 2 is 1.69 bits per heavy atom. The molecule has 194 valence electrons. The highest BCUT2D eigenvalue weighted by atomic mass is 16.2. The first-order chi connectivity index (χ1) is 18.9. The number of para-hydroxylation sites is 2. The van der Waals surface area contributed by atoms with Gasteiger partial charge < -0.3 is 15.2 Å². The maximum absolute atomic E-state index is 13.2. The zero-order valence-electron chi connectivity index (χ0n) is 21.7. The van der Waals surface area contributed by atoms with Gasteiger partial charge in [0.15, 0.2) is 0 Å². The summed E-state index contributed by atoms with van der Waals surface area (Å²) in [4.78, 5) is 39.5. The average Bonchev–Trinajstić information content (AvgIpc) is 3.36. The zero-order valence-corrected chi connectivity index (χ0v) is 21.7. The number of hydrogen-bond donors (Lipinski definition) is 2. The van der Waals surface area contributed by atoms with Crippen LogP contribution in [0.25, 0.3) is 17.0 Å². The third-order valence-corrected chi connectivity index (χ3v) is 6.97. The summed E-state index contributed by atoms with van der Waals surface area (Å²) in [6.45, 7) is 4.01. The number of benzene rings is 3. The maximum atomic E-state index is 13.2. The quantitative estimate of drug-likeness (QED) is 0.267. The van der Waals surface area contributed by atoms with Crippen molar-refractivity contribution in [1.82, 2.24) is 14.8 Å². The molecule has 1 saturated heterocycles. The molecule has 8 nitrogen and oxygen atoms in total. The van der Waals surface area contributed by atoms with Crippen molar-refractivity contribution >= 4 is 40.5 Å². The van der Waals surface area contributed by atoms with Gasteiger partial charge in [-0.05, 0) is 48.7 Å². The van der Waals surface area contributed by atoms with Crippen LogP contribution in [0.1, 0.15) is 34.9 Å². The van der Waals surface area contributed by atoms with Crippen molar-refractivity contribution in [3.63, 3.8) is 0 Å². The second kappa shape index (κ2) is 10.7. The van der Waals surface area contributed by atoms with E-state index in [1.165, 1.54) is 0 Å². The van der Waals surface area contributed by atoms with E-state index in [0.717, 1.165) is 44.6 Å². The molecule has 0 bridgehead atoms. The summed E-state index contributed by atoms with van der Waals surface area (Å²) in [5, 5.41) is 15.9. The summed E-state index contributed by atoms with van der Waals surface area (Å²) in [5.74, 6) is -1.02. The fourth-order valence-electron chi connectivity index (χ4n) is 4.92. The van der Waals surface area contributed by atoms with E-state index in [2.05, 4.69) is 21.3 Å². The molecule has 0 unspecified atom stereocenters. The molecule has 1 fully saturated rings. The maximum Gasteiger partial charge on any atom is 0.329 e. The van der Waals surface area contributed by atoms with E-state index < -0.39 is 24.4 Å². The molecule has 1 aliphatic rings. The highest BCUT2D eigenvalue weighted by Crippen LogP contribution is 2.30. The first-order valence-corrected chi connectivity index (χ1v) is 12.7. The van der Waals surface area contributed by atoms with E-state index in [4.69, 9.17) is 0 Å². The molecule has 1 aliphatic heterocycles. The number of imide groups is 1. The smallest absolute Gasteiger partial charge is 0.329 e. The van der Waals surface area contributed by atoms with Crippen molar-refractivity contribution in [1.29, 1.82) is 5.26 Å². The van der Waals surface area contributed by atoms with E-state index in [1.807, 2.05) is 74.5 Å². The third-order valence-electron chi connectivity index (χ3n) is 6.97. The molecule has 2 N–H and O–H groups in total. The van der Waals surface area contributed by atoms with E-state index in [9.17, 15) is 19.6 Å². The number of nitriles is 1. The van der Waals surface area contributed by atoms with Gasteiger partial charge in [0.05, 0.1) is 11.6 Å². The molecule has 39 heavy (non-hydrogen) atoms. The number of carbonyl (C=O) groups is 3. The summed E-state index contributed by atoms with van der Waals surface area (Å²) < 4.78 is 2.09. The Labute approximate surface area is 226 Å². The topological polar surface area (TPSA) is 107 Å². The Hall–Kier alpha value is -5.16. The summed E-state index contributed by atoms with van der Waals surface area (Å²) in [7, 11) is 0. The van der Waals surface area contributed by atoms with Gasteiger partial charge in [0.1, 0.15) is 12.2 Å². The van der Waals surface area contributed by atoms with Gasteiger partial charge in [-0.25, -0.2) is 9.69 Å². The summed E-state index contributed by atoms with van der Waals surface area (Å²) >= 11 is 0. The average molecular weight is 518 g/mol. The Kier molecular flexibility index (Phi) is 6.98. The van der Waals surface area contributed by atoms with E-state index >= 15 is 0 Å². The largest absolute Gasteiger partial charge is 0.340 e. The number of aryl methyl sites for hydroxylation is 1. The van der Waals surface area contributed by atoms with Gasteiger partial charge in [-0.15, -0.1) is 0 Å². The predicted octanol–water partition coefficient (Wildman–Crippen LogP) is 4.96. The molecule has 5 rings (SSSR count). The van der Waals surface area contributed by atoms with Gasteiger partial charge in [-0.2, -0.15) is 5.26 Å². The fourth-order valence-corrected chi connectivity index (χ4v) is 4.92. The van der Waals surface area contributed by atoms with E-state index in [0.29, 0.717) is 17.8 Å². The number of fused-ring (bicyclic) bond motifs is 1. The van der Waals surface area contributed by atoms with Gasteiger partial charge in [0, 0.05) is 34.4 Å². The number of hydrogen-bond acceptors (Lipinski definition) is 4. The van der Waals surface area contributed by atoms with Gasteiger partial charge in [0.25, 0.3) is 5.91 Å². The lowest BCUT2D eigenvalue weighted by Gasteiger charge is -2.13. The molecule has 0 saturated carbocycles. The fraction of sp³-hybridized carbons (Fsp3) is 0.161. The number of urea groups is 1. The van der Waals surface area contributed by atoms with Crippen molar-refractivity contribution in [2.45, 2.75) is 26.8 Å². The summed E-state index contributed by atoms with van der Waals surface area (Å²) in [6.07, 6.45) is 2.40. The molecule has 8 heteroatoms. The Bertz CT molecular complexity index is 1690. The number of nitrogens with one attached hydrogen (secondary N) is 2. The first-order valence-electron chi connectivity index (χ1n) is 12.7. The van der Waals surface area contributed by atoms with Crippen LogP contribution in [0.3, 0.4) is 0 Å². The van der Waals surface area contributed by atoms with Crippen molar-refractivity contribution in [2.75, 3.05) is 11.9 Å². The second-order valence-corrected chi connectivity index (χ2v) is 9.31. The van der Waals surface area contributed by atoms with Gasteiger partial charge in [0.2, 0.25) is 5.91 Å². The van der Waals surface area contributed by atoms with Crippen molar-refractivity contribution < 1.29 is 14.4 Å². The molecular formula is C31H27N5O3. The van der Waals surface area contributed by atoms with Crippen LogP contribution in [0.4, 0.5) is 10.5 Å². The molecule has 1 aromatic heterocycles. The molecule has 0 atom stereocenters. The van der Waals surface area contributed by atoms with Gasteiger partial charge in [-0.3, -0.25) is 9.59 Å². The monoisotopic (exact) mass is 517 g/mol. The highest BCUT2D eigenvalue weighted by Gasteiger charge is 2.35. The Morgan fingerprint density at radius 3 is 2.46 bits per heavy atom. The number of anilines is 1. The van der Waals surface area contributed by atoms with Gasteiger partial charge >= 0.3 is 6.03 Å². The molecule has 4 amide bonds.